The maximum Gasteiger partial charge on any atom is 0.255 e. The molecular formula is C32H39FN2O7S. The highest BCUT2D eigenvalue weighted by Gasteiger charge is 2.32. The SMILES string of the molecule is COc1ccc(S(=O)(=O)N(CC(C)C)C[C@@H](O)[C@H](Cc2ccccc2)NC(=O)c2ccc(F)cc2O[C@@H]2CCOC2)cc1. The molecule has 1 amide bonds. The maximum atomic E-state index is 14.2. The van der Waals surface area contributed by atoms with Gasteiger partial charge in [0.05, 0.1) is 42.9 Å². The fourth-order valence-corrected chi connectivity index (χ4v) is 6.50. The molecule has 0 aromatic heterocycles. The van der Waals surface area contributed by atoms with Crippen LogP contribution in [-0.2, 0) is 21.2 Å². The molecule has 3 aromatic carbocycles. The third kappa shape index (κ3) is 8.76. The molecule has 0 aliphatic carbocycles. The van der Waals surface area contributed by atoms with Crippen molar-refractivity contribution in [1.82, 2.24) is 9.62 Å². The molecule has 2 N–H and O–H groups in total. The second kappa shape index (κ2) is 14.8. The Morgan fingerprint density at radius 3 is 2.44 bits per heavy atom. The molecule has 4 rings (SSSR count). The maximum absolute atomic E-state index is 14.2. The van der Waals surface area contributed by atoms with Crippen LogP contribution in [0.5, 0.6) is 11.5 Å². The van der Waals surface area contributed by atoms with E-state index in [-0.39, 0.29) is 47.7 Å². The van der Waals surface area contributed by atoms with Gasteiger partial charge in [-0.3, -0.25) is 4.79 Å². The summed E-state index contributed by atoms with van der Waals surface area (Å²) in [5.74, 6) is -0.586. The van der Waals surface area contributed by atoms with E-state index in [4.69, 9.17) is 14.2 Å². The summed E-state index contributed by atoms with van der Waals surface area (Å²) >= 11 is 0. The summed E-state index contributed by atoms with van der Waals surface area (Å²) < 4.78 is 59.2. The second-order valence-electron chi connectivity index (χ2n) is 11.0. The molecule has 0 spiro atoms. The zero-order chi connectivity index (χ0) is 31.0. The van der Waals surface area contributed by atoms with Gasteiger partial charge in [-0.2, -0.15) is 4.31 Å². The Kier molecular flexibility index (Phi) is 11.1. The van der Waals surface area contributed by atoms with E-state index < -0.39 is 33.9 Å². The molecule has 11 heteroatoms. The number of halogens is 1. The number of nitrogens with zero attached hydrogens (tertiary/aromatic N) is 1. The number of aliphatic hydroxyl groups excluding tert-OH is 1. The molecule has 0 bridgehead atoms. The van der Waals surface area contributed by atoms with Crippen molar-refractivity contribution in [3.63, 3.8) is 0 Å². The van der Waals surface area contributed by atoms with E-state index in [1.165, 1.54) is 35.7 Å². The highest BCUT2D eigenvalue weighted by Crippen LogP contribution is 2.25. The molecule has 1 aliphatic heterocycles. The summed E-state index contributed by atoms with van der Waals surface area (Å²) in [6, 6.07) is 18.1. The molecule has 1 heterocycles. The van der Waals surface area contributed by atoms with Gasteiger partial charge in [-0.05, 0) is 54.3 Å². The summed E-state index contributed by atoms with van der Waals surface area (Å²) in [7, 11) is -2.50. The number of benzene rings is 3. The Balaban J connectivity index is 1.60. The first kappa shape index (κ1) is 32.4. The van der Waals surface area contributed by atoms with Gasteiger partial charge in [0.1, 0.15) is 23.4 Å². The van der Waals surface area contributed by atoms with Gasteiger partial charge in [0, 0.05) is 25.6 Å². The number of ether oxygens (including phenoxy) is 3. The monoisotopic (exact) mass is 614 g/mol. The van der Waals surface area contributed by atoms with Crippen molar-refractivity contribution >= 4 is 15.9 Å². The van der Waals surface area contributed by atoms with Crippen molar-refractivity contribution in [3.05, 3.63) is 89.7 Å². The molecule has 1 aliphatic rings. The van der Waals surface area contributed by atoms with Crippen molar-refractivity contribution in [1.29, 1.82) is 0 Å². The Morgan fingerprint density at radius 2 is 1.81 bits per heavy atom. The quantitative estimate of drug-likeness (QED) is 0.282. The van der Waals surface area contributed by atoms with Gasteiger partial charge in [-0.25, -0.2) is 12.8 Å². The third-order valence-corrected chi connectivity index (χ3v) is 8.95. The molecule has 0 unspecified atom stereocenters. The lowest BCUT2D eigenvalue weighted by molar-refractivity contribution is 0.0769. The average Bonchev–Trinajstić information content (AvgIpc) is 3.50. The van der Waals surface area contributed by atoms with Crippen molar-refractivity contribution in [3.8, 4) is 11.5 Å². The van der Waals surface area contributed by atoms with E-state index in [0.29, 0.717) is 25.4 Å². The molecule has 0 radical (unpaired) electrons. The molecular weight excluding hydrogens is 575 g/mol. The summed E-state index contributed by atoms with van der Waals surface area (Å²) in [5.41, 5.74) is 0.933. The molecule has 1 saturated heterocycles. The van der Waals surface area contributed by atoms with E-state index in [1.807, 2.05) is 44.2 Å². The largest absolute Gasteiger partial charge is 0.497 e. The van der Waals surface area contributed by atoms with E-state index in [1.54, 1.807) is 12.1 Å². The van der Waals surface area contributed by atoms with Crippen molar-refractivity contribution in [2.24, 2.45) is 5.92 Å². The van der Waals surface area contributed by atoms with Crippen LogP contribution in [0.1, 0.15) is 36.2 Å². The zero-order valence-electron chi connectivity index (χ0n) is 24.6. The van der Waals surface area contributed by atoms with Crippen LogP contribution in [-0.4, -0.2) is 75.4 Å². The molecule has 9 nitrogen and oxygen atoms in total. The number of carbonyl (C=O) groups excluding carboxylic acids is 1. The molecule has 1 fully saturated rings. The highest BCUT2D eigenvalue weighted by molar-refractivity contribution is 7.89. The first-order valence-corrected chi connectivity index (χ1v) is 15.7. The van der Waals surface area contributed by atoms with Crippen LogP contribution in [0.25, 0.3) is 0 Å². The van der Waals surface area contributed by atoms with Crippen LogP contribution in [0.3, 0.4) is 0 Å². The Labute approximate surface area is 252 Å². The Hall–Kier alpha value is -3.51. The summed E-state index contributed by atoms with van der Waals surface area (Å²) in [4.78, 5) is 13.7. The smallest absolute Gasteiger partial charge is 0.255 e. The number of amides is 1. The van der Waals surface area contributed by atoms with Crippen LogP contribution < -0.4 is 14.8 Å². The van der Waals surface area contributed by atoms with Gasteiger partial charge in [0.2, 0.25) is 10.0 Å². The van der Waals surface area contributed by atoms with E-state index in [2.05, 4.69) is 5.32 Å². The lowest BCUT2D eigenvalue weighted by Crippen LogP contribution is -2.51. The van der Waals surface area contributed by atoms with Crippen LogP contribution >= 0.6 is 0 Å². The fraction of sp³-hybridized carbons (Fsp3) is 0.406. The second-order valence-corrected chi connectivity index (χ2v) is 12.9. The number of hydrogen-bond donors (Lipinski definition) is 2. The Bertz CT molecular complexity index is 1450. The van der Waals surface area contributed by atoms with Gasteiger partial charge >= 0.3 is 0 Å². The Morgan fingerprint density at radius 1 is 1.09 bits per heavy atom. The normalized spacial score (nSPS) is 16.7. The lowest BCUT2D eigenvalue weighted by Gasteiger charge is -2.31. The van der Waals surface area contributed by atoms with Crippen LogP contribution in [0.4, 0.5) is 4.39 Å². The van der Waals surface area contributed by atoms with Gasteiger partial charge in [0.25, 0.3) is 5.91 Å². The van der Waals surface area contributed by atoms with Crippen LogP contribution in [0.15, 0.2) is 77.7 Å². The van der Waals surface area contributed by atoms with Crippen molar-refractivity contribution in [2.45, 2.75) is 49.8 Å². The number of hydrogen-bond acceptors (Lipinski definition) is 7. The van der Waals surface area contributed by atoms with Gasteiger partial charge in [-0.15, -0.1) is 0 Å². The predicted molar refractivity (Wildman–Crippen MR) is 160 cm³/mol. The summed E-state index contributed by atoms with van der Waals surface area (Å²) in [6.45, 7) is 4.50. The van der Waals surface area contributed by atoms with Gasteiger partial charge in [-0.1, -0.05) is 44.2 Å². The first-order valence-electron chi connectivity index (χ1n) is 14.3. The third-order valence-electron chi connectivity index (χ3n) is 7.11. The van der Waals surface area contributed by atoms with Crippen LogP contribution in [0.2, 0.25) is 0 Å². The van der Waals surface area contributed by atoms with Crippen LogP contribution in [0, 0.1) is 11.7 Å². The molecule has 43 heavy (non-hydrogen) atoms. The fourth-order valence-electron chi connectivity index (χ4n) is 4.87. The molecule has 0 saturated carbocycles. The number of nitrogens with one attached hydrogen (secondary N) is 1. The van der Waals surface area contributed by atoms with Gasteiger partial charge in [0.15, 0.2) is 0 Å². The molecule has 3 aromatic rings. The lowest BCUT2D eigenvalue weighted by atomic mass is 10.00. The topological polar surface area (TPSA) is 114 Å². The number of sulfonamides is 1. The minimum absolute atomic E-state index is 0.0409. The number of carbonyl (C=O) groups is 1. The van der Waals surface area contributed by atoms with E-state index in [9.17, 15) is 22.7 Å². The predicted octanol–water partition coefficient (Wildman–Crippen LogP) is 4.05. The minimum Gasteiger partial charge on any atom is -0.497 e. The number of rotatable bonds is 14. The minimum atomic E-state index is -4.00. The molecule has 232 valence electrons. The van der Waals surface area contributed by atoms with Gasteiger partial charge < -0.3 is 24.6 Å². The zero-order valence-corrected chi connectivity index (χ0v) is 25.4. The summed E-state index contributed by atoms with van der Waals surface area (Å²) in [5, 5.41) is 14.4. The first-order chi connectivity index (χ1) is 20.6. The molecule has 3 atom stereocenters. The summed E-state index contributed by atoms with van der Waals surface area (Å²) in [6.07, 6.45) is -0.767. The van der Waals surface area contributed by atoms with E-state index in [0.717, 1.165) is 11.6 Å². The number of aliphatic hydroxyl groups is 1. The number of methoxy groups -OCH3 is 1. The van der Waals surface area contributed by atoms with Crippen molar-refractivity contribution in [2.75, 3.05) is 33.4 Å². The van der Waals surface area contributed by atoms with E-state index >= 15 is 0 Å². The average molecular weight is 615 g/mol. The highest BCUT2D eigenvalue weighted by atomic mass is 32.2. The standard InChI is InChI=1S/C32H39FN2O7S/c1-22(2)19-35(43(38,39)27-12-10-25(40-3)11-13-27)20-30(36)29(17-23-7-5-4-6-8-23)34-32(37)28-14-9-24(33)18-31(28)42-26-15-16-41-21-26/h4-14,18,22,26,29-30,36H,15-17,19-21H2,1-3H3,(H,34,37)/t26-,29+,30-/m1/s1. The van der Waals surface area contributed by atoms with Crippen molar-refractivity contribution < 1.29 is 36.9 Å².